The summed E-state index contributed by atoms with van der Waals surface area (Å²) < 4.78 is 31.2. The Balaban J connectivity index is 1.92. The summed E-state index contributed by atoms with van der Waals surface area (Å²) in [6, 6.07) is 3.11. The van der Waals surface area contributed by atoms with E-state index in [-0.39, 0.29) is 12.4 Å². The first kappa shape index (κ1) is 13.9. The molecule has 0 fully saturated rings. The normalized spacial score (nSPS) is 10.7. The molecule has 0 unspecified atom stereocenters. The topological polar surface area (TPSA) is 34.2 Å². The molecule has 0 bridgehead atoms. The van der Waals surface area contributed by atoms with Crippen molar-refractivity contribution in [3.63, 3.8) is 0 Å². The quantitative estimate of drug-likeness (QED) is 0.885. The molecule has 0 saturated carbocycles. The second kappa shape index (κ2) is 6.58. The number of halogens is 2. The molecule has 2 aromatic rings. The Morgan fingerprint density at radius 1 is 1.26 bits per heavy atom. The molecule has 0 atom stereocenters. The maximum Gasteiger partial charge on any atom is 0.131 e. The predicted octanol–water partition coefficient (Wildman–Crippen LogP) is 3.11. The Hall–Kier alpha value is -1.53. The van der Waals surface area contributed by atoms with Crippen molar-refractivity contribution in [1.82, 2.24) is 10.3 Å². The molecule has 0 radical (unpaired) electrons. The highest BCUT2D eigenvalue weighted by Gasteiger charge is 2.05. The Labute approximate surface area is 114 Å². The average Bonchev–Trinajstić information content (AvgIpc) is 2.81. The van der Waals surface area contributed by atoms with Crippen LogP contribution < -0.4 is 10.1 Å². The number of rotatable bonds is 6. The van der Waals surface area contributed by atoms with E-state index < -0.39 is 11.6 Å². The van der Waals surface area contributed by atoms with Crippen molar-refractivity contribution >= 4 is 11.3 Å². The van der Waals surface area contributed by atoms with Gasteiger partial charge in [-0.15, -0.1) is 11.3 Å². The standard InChI is InChI=1S/C13H14F2N2OS/c1-2-16-6-13-17-11(8-19-13)7-18-12-4-9(14)3-10(15)5-12/h3-5,8,16H,2,6-7H2,1H3. The van der Waals surface area contributed by atoms with E-state index in [4.69, 9.17) is 4.74 Å². The molecular weight excluding hydrogens is 270 g/mol. The van der Waals surface area contributed by atoms with Crippen molar-refractivity contribution in [2.24, 2.45) is 0 Å². The van der Waals surface area contributed by atoms with Gasteiger partial charge in [0, 0.05) is 30.1 Å². The fraction of sp³-hybridized carbons (Fsp3) is 0.308. The largest absolute Gasteiger partial charge is 0.487 e. The van der Waals surface area contributed by atoms with Crippen LogP contribution in [0.15, 0.2) is 23.6 Å². The van der Waals surface area contributed by atoms with Crippen molar-refractivity contribution in [1.29, 1.82) is 0 Å². The number of hydrogen-bond donors (Lipinski definition) is 1. The maximum absolute atomic E-state index is 13.0. The lowest BCUT2D eigenvalue weighted by Gasteiger charge is -2.04. The monoisotopic (exact) mass is 284 g/mol. The van der Waals surface area contributed by atoms with Crippen molar-refractivity contribution in [2.75, 3.05) is 6.54 Å². The molecule has 19 heavy (non-hydrogen) atoms. The molecule has 0 aliphatic heterocycles. The molecule has 0 aliphatic rings. The number of nitrogens with zero attached hydrogens (tertiary/aromatic N) is 1. The SMILES string of the molecule is CCNCc1nc(COc2cc(F)cc(F)c2)cs1. The highest BCUT2D eigenvalue weighted by molar-refractivity contribution is 7.09. The Bertz CT molecular complexity index is 525. The smallest absolute Gasteiger partial charge is 0.131 e. The Kier molecular flexibility index (Phi) is 4.81. The van der Waals surface area contributed by atoms with Gasteiger partial charge in [0.2, 0.25) is 0 Å². The van der Waals surface area contributed by atoms with E-state index in [0.717, 1.165) is 42.0 Å². The van der Waals surface area contributed by atoms with Gasteiger partial charge in [0.25, 0.3) is 0 Å². The molecule has 0 saturated heterocycles. The molecule has 0 spiro atoms. The summed E-state index contributed by atoms with van der Waals surface area (Å²) in [6.07, 6.45) is 0. The molecule has 0 amide bonds. The number of thiazole rings is 1. The molecule has 1 heterocycles. The fourth-order valence-electron chi connectivity index (χ4n) is 1.50. The van der Waals surface area contributed by atoms with Gasteiger partial charge in [-0.05, 0) is 6.54 Å². The zero-order valence-electron chi connectivity index (χ0n) is 10.5. The van der Waals surface area contributed by atoms with Gasteiger partial charge in [-0.1, -0.05) is 6.92 Å². The third-order valence-electron chi connectivity index (χ3n) is 2.35. The van der Waals surface area contributed by atoms with E-state index in [1.807, 2.05) is 12.3 Å². The summed E-state index contributed by atoms with van der Waals surface area (Å²) in [7, 11) is 0. The van der Waals surface area contributed by atoms with Crippen molar-refractivity contribution < 1.29 is 13.5 Å². The van der Waals surface area contributed by atoms with Gasteiger partial charge in [-0.3, -0.25) is 0 Å². The van der Waals surface area contributed by atoms with E-state index in [1.165, 1.54) is 11.3 Å². The Morgan fingerprint density at radius 3 is 2.68 bits per heavy atom. The number of benzene rings is 1. The van der Waals surface area contributed by atoms with Crippen LogP contribution in [0.3, 0.4) is 0 Å². The van der Waals surface area contributed by atoms with Gasteiger partial charge >= 0.3 is 0 Å². The minimum Gasteiger partial charge on any atom is -0.487 e. The molecule has 3 nitrogen and oxygen atoms in total. The molecule has 102 valence electrons. The van der Waals surface area contributed by atoms with Crippen molar-refractivity contribution in [3.8, 4) is 5.75 Å². The van der Waals surface area contributed by atoms with Crippen LogP contribution in [0, 0.1) is 11.6 Å². The van der Waals surface area contributed by atoms with Gasteiger partial charge in [0.15, 0.2) is 0 Å². The first-order valence-corrected chi connectivity index (χ1v) is 6.78. The fourth-order valence-corrected chi connectivity index (χ4v) is 2.25. The lowest BCUT2D eigenvalue weighted by atomic mass is 10.3. The summed E-state index contributed by atoms with van der Waals surface area (Å²) in [4.78, 5) is 4.35. The van der Waals surface area contributed by atoms with E-state index in [1.54, 1.807) is 0 Å². The summed E-state index contributed by atoms with van der Waals surface area (Å²) in [5.41, 5.74) is 0.752. The van der Waals surface area contributed by atoms with Crippen LogP contribution in [0.5, 0.6) is 5.75 Å². The lowest BCUT2D eigenvalue weighted by molar-refractivity contribution is 0.298. The van der Waals surface area contributed by atoms with Crippen molar-refractivity contribution in [3.05, 3.63) is 45.9 Å². The number of nitrogens with one attached hydrogen (secondary N) is 1. The van der Waals surface area contributed by atoms with Crippen LogP contribution in [0.1, 0.15) is 17.6 Å². The van der Waals surface area contributed by atoms with Crippen LogP contribution in [0.2, 0.25) is 0 Å². The highest BCUT2D eigenvalue weighted by atomic mass is 32.1. The molecule has 2 rings (SSSR count). The Morgan fingerprint density at radius 2 is 2.00 bits per heavy atom. The van der Waals surface area contributed by atoms with Gasteiger partial charge in [-0.2, -0.15) is 0 Å². The van der Waals surface area contributed by atoms with Crippen LogP contribution in [0.4, 0.5) is 8.78 Å². The van der Waals surface area contributed by atoms with Gasteiger partial charge in [-0.25, -0.2) is 13.8 Å². The van der Waals surface area contributed by atoms with Gasteiger partial charge in [0.1, 0.15) is 29.0 Å². The summed E-state index contributed by atoms with van der Waals surface area (Å²) in [5, 5.41) is 6.02. The molecule has 1 N–H and O–H groups in total. The molecule has 1 aromatic carbocycles. The minimum absolute atomic E-state index is 0.165. The third-order valence-corrected chi connectivity index (χ3v) is 3.25. The number of aromatic nitrogens is 1. The van der Waals surface area contributed by atoms with E-state index >= 15 is 0 Å². The van der Waals surface area contributed by atoms with Crippen molar-refractivity contribution in [2.45, 2.75) is 20.1 Å². The third kappa shape index (κ3) is 4.25. The van der Waals surface area contributed by atoms with Crippen LogP contribution >= 0.6 is 11.3 Å². The first-order chi connectivity index (χ1) is 9.17. The first-order valence-electron chi connectivity index (χ1n) is 5.90. The van der Waals surface area contributed by atoms with Crippen LogP contribution in [0.25, 0.3) is 0 Å². The van der Waals surface area contributed by atoms with E-state index in [2.05, 4.69) is 10.3 Å². The molecule has 6 heteroatoms. The van der Waals surface area contributed by atoms with Gasteiger partial charge < -0.3 is 10.1 Å². The summed E-state index contributed by atoms with van der Waals surface area (Å²) >= 11 is 1.53. The minimum atomic E-state index is -0.652. The number of hydrogen-bond acceptors (Lipinski definition) is 4. The molecule has 1 aromatic heterocycles. The summed E-state index contributed by atoms with van der Waals surface area (Å²) in [5.74, 6) is -1.14. The second-order valence-corrected chi connectivity index (χ2v) is 4.85. The summed E-state index contributed by atoms with van der Waals surface area (Å²) in [6.45, 7) is 3.82. The van der Waals surface area contributed by atoms with Crippen LogP contribution in [-0.2, 0) is 13.2 Å². The molecule has 0 aliphatic carbocycles. The van der Waals surface area contributed by atoms with Crippen LogP contribution in [-0.4, -0.2) is 11.5 Å². The average molecular weight is 284 g/mol. The highest BCUT2D eigenvalue weighted by Crippen LogP contribution is 2.17. The predicted molar refractivity (Wildman–Crippen MR) is 70.2 cm³/mol. The molecular formula is C13H14F2N2OS. The van der Waals surface area contributed by atoms with E-state index in [9.17, 15) is 8.78 Å². The maximum atomic E-state index is 13.0. The van der Waals surface area contributed by atoms with E-state index in [0.29, 0.717) is 0 Å². The number of ether oxygens (including phenoxy) is 1. The zero-order valence-corrected chi connectivity index (χ0v) is 11.3. The zero-order chi connectivity index (χ0) is 13.7. The lowest BCUT2D eigenvalue weighted by Crippen LogP contribution is -2.11. The second-order valence-electron chi connectivity index (χ2n) is 3.91. The van der Waals surface area contributed by atoms with Gasteiger partial charge in [0.05, 0.1) is 5.69 Å².